The highest BCUT2D eigenvalue weighted by atomic mass is 35.5. The number of rotatable bonds is 5. The van der Waals surface area contributed by atoms with E-state index in [1.807, 2.05) is 6.92 Å². The minimum atomic E-state index is 0.706. The van der Waals surface area contributed by atoms with Gasteiger partial charge in [0.2, 0.25) is 0 Å². The van der Waals surface area contributed by atoms with Gasteiger partial charge in [-0.05, 0) is 52.0 Å². The van der Waals surface area contributed by atoms with Gasteiger partial charge in [0.05, 0.1) is 16.4 Å². The average molecular weight is 270 g/mol. The lowest BCUT2D eigenvalue weighted by Gasteiger charge is -2.13. The molecule has 3 nitrogen and oxygen atoms in total. The first-order valence-corrected chi connectivity index (χ1v) is 7.48. The Morgan fingerprint density at radius 1 is 1.39 bits per heavy atom. The van der Waals surface area contributed by atoms with E-state index >= 15 is 0 Å². The van der Waals surface area contributed by atoms with E-state index in [2.05, 4.69) is 28.9 Å². The normalized spacial score (nSPS) is 23.8. The zero-order chi connectivity index (χ0) is 13.1. The Morgan fingerprint density at radius 2 is 2.17 bits per heavy atom. The zero-order valence-corrected chi connectivity index (χ0v) is 12.4. The second-order valence-corrected chi connectivity index (χ2v) is 5.68. The lowest BCUT2D eigenvalue weighted by molar-refractivity contribution is 0.476. The summed E-state index contributed by atoms with van der Waals surface area (Å²) in [6.45, 7) is 8.28. The van der Waals surface area contributed by atoms with Gasteiger partial charge in [0.15, 0.2) is 0 Å². The molecular weight excluding hydrogens is 246 g/mol. The molecule has 1 heterocycles. The predicted octanol–water partition coefficient (Wildman–Crippen LogP) is 3.19. The van der Waals surface area contributed by atoms with E-state index in [1.54, 1.807) is 0 Å². The summed E-state index contributed by atoms with van der Waals surface area (Å²) in [7, 11) is 0. The Hall–Kier alpha value is -0.540. The molecule has 4 heteroatoms. The summed E-state index contributed by atoms with van der Waals surface area (Å²) < 4.78 is 2.07. The van der Waals surface area contributed by atoms with Crippen molar-refractivity contribution in [2.45, 2.75) is 59.0 Å². The second-order valence-electron chi connectivity index (χ2n) is 5.30. The monoisotopic (exact) mass is 269 g/mol. The Balaban J connectivity index is 2.02. The van der Waals surface area contributed by atoms with Crippen LogP contribution in [0.4, 0.5) is 0 Å². The second kappa shape index (κ2) is 6.07. The molecule has 1 N–H and O–H groups in total. The van der Waals surface area contributed by atoms with Crippen molar-refractivity contribution in [3.8, 4) is 0 Å². The summed E-state index contributed by atoms with van der Waals surface area (Å²) in [4.78, 5) is 0. The van der Waals surface area contributed by atoms with Gasteiger partial charge >= 0.3 is 0 Å². The maximum atomic E-state index is 6.37. The van der Waals surface area contributed by atoms with Gasteiger partial charge < -0.3 is 5.32 Å². The van der Waals surface area contributed by atoms with Crippen molar-refractivity contribution in [1.29, 1.82) is 0 Å². The van der Waals surface area contributed by atoms with Crippen molar-refractivity contribution in [2.24, 2.45) is 5.92 Å². The Bertz CT molecular complexity index is 400. The van der Waals surface area contributed by atoms with E-state index in [-0.39, 0.29) is 0 Å². The summed E-state index contributed by atoms with van der Waals surface area (Å²) >= 11 is 6.37. The molecule has 0 aliphatic heterocycles. The van der Waals surface area contributed by atoms with Crippen LogP contribution < -0.4 is 5.32 Å². The maximum absolute atomic E-state index is 6.37. The van der Waals surface area contributed by atoms with Crippen molar-refractivity contribution in [3.63, 3.8) is 0 Å². The number of hydrogen-bond donors (Lipinski definition) is 1. The zero-order valence-electron chi connectivity index (χ0n) is 11.7. The molecule has 0 bridgehead atoms. The molecule has 0 amide bonds. The van der Waals surface area contributed by atoms with Gasteiger partial charge in [-0.3, -0.25) is 4.68 Å². The van der Waals surface area contributed by atoms with Gasteiger partial charge in [0, 0.05) is 12.6 Å². The van der Waals surface area contributed by atoms with Crippen LogP contribution in [-0.2, 0) is 13.0 Å². The van der Waals surface area contributed by atoms with Gasteiger partial charge in [-0.1, -0.05) is 18.5 Å². The van der Waals surface area contributed by atoms with E-state index in [1.165, 1.54) is 25.0 Å². The molecule has 1 fully saturated rings. The van der Waals surface area contributed by atoms with Gasteiger partial charge in [-0.2, -0.15) is 5.10 Å². The van der Waals surface area contributed by atoms with Crippen molar-refractivity contribution in [2.75, 3.05) is 6.54 Å². The third-order valence-corrected chi connectivity index (χ3v) is 4.46. The summed E-state index contributed by atoms with van der Waals surface area (Å²) in [5.74, 6) is 0.757. The number of nitrogens with zero attached hydrogens (tertiary/aromatic N) is 2. The molecule has 0 saturated heterocycles. The smallest absolute Gasteiger partial charge is 0.0847 e. The Labute approximate surface area is 115 Å². The quantitative estimate of drug-likeness (QED) is 0.890. The molecule has 1 aliphatic carbocycles. The minimum absolute atomic E-state index is 0.706. The summed E-state index contributed by atoms with van der Waals surface area (Å²) in [5, 5.41) is 8.93. The molecule has 1 aliphatic rings. The summed E-state index contributed by atoms with van der Waals surface area (Å²) in [6.07, 6.45) is 4.96. The molecule has 1 aromatic heterocycles. The van der Waals surface area contributed by atoms with Crippen LogP contribution in [0, 0.1) is 12.8 Å². The molecule has 1 aromatic rings. The van der Waals surface area contributed by atoms with Crippen LogP contribution in [0.15, 0.2) is 0 Å². The van der Waals surface area contributed by atoms with E-state index in [0.717, 1.165) is 36.1 Å². The molecule has 1 saturated carbocycles. The van der Waals surface area contributed by atoms with Crippen molar-refractivity contribution >= 4 is 11.6 Å². The number of nitrogens with one attached hydrogen (secondary N) is 1. The topological polar surface area (TPSA) is 29.9 Å². The molecule has 0 aromatic carbocycles. The van der Waals surface area contributed by atoms with Gasteiger partial charge in [-0.15, -0.1) is 0 Å². The first kappa shape index (κ1) is 13.9. The SMILES string of the molecule is CCNC1CCC(Cc2c(Cl)c(C)nn2CC)C1. The lowest BCUT2D eigenvalue weighted by Crippen LogP contribution is -2.26. The van der Waals surface area contributed by atoms with Crippen LogP contribution in [-0.4, -0.2) is 22.4 Å². The molecule has 0 spiro atoms. The van der Waals surface area contributed by atoms with Crippen LogP contribution in [0.5, 0.6) is 0 Å². The number of hydrogen-bond acceptors (Lipinski definition) is 2. The molecule has 0 radical (unpaired) electrons. The minimum Gasteiger partial charge on any atom is -0.314 e. The fraction of sp³-hybridized carbons (Fsp3) is 0.786. The number of aromatic nitrogens is 2. The largest absolute Gasteiger partial charge is 0.314 e. The van der Waals surface area contributed by atoms with Crippen LogP contribution in [0.25, 0.3) is 0 Å². The van der Waals surface area contributed by atoms with Crippen LogP contribution in [0.2, 0.25) is 5.02 Å². The summed E-state index contributed by atoms with van der Waals surface area (Å²) in [6, 6.07) is 0.706. The van der Waals surface area contributed by atoms with Crippen LogP contribution in [0.3, 0.4) is 0 Å². The van der Waals surface area contributed by atoms with E-state index in [9.17, 15) is 0 Å². The fourth-order valence-corrected chi connectivity index (χ4v) is 3.28. The standard InChI is InChI=1S/C14H24ClN3/c1-4-16-12-7-6-11(8-12)9-13-14(15)10(3)17-18(13)5-2/h11-12,16H,4-9H2,1-3H3. The van der Waals surface area contributed by atoms with Crippen molar-refractivity contribution < 1.29 is 0 Å². The van der Waals surface area contributed by atoms with Crippen molar-refractivity contribution in [1.82, 2.24) is 15.1 Å². The molecule has 18 heavy (non-hydrogen) atoms. The first-order valence-electron chi connectivity index (χ1n) is 7.10. The number of aryl methyl sites for hydroxylation is 2. The van der Waals surface area contributed by atoms with E-state index in [0.29, 0.717) is 6.04 Å². The first-order chi connectivity index (χ1) is 8.65. The molecule has 2 rings (SSSR count). The highest BCUT2D eigenvalue weighted by molar-refractivity contribution is 6.31. The fourth-order valence-electron chi connectivity index (χ4n) is 3.07. The van der Waals surface area contributed by atoms with Crippen LogP contribution >= 0.6 is 11.6 Å². The van der Waals surface area contributed by atoms with Gasteiger partial charge in [0.1, 0.15) is 0 Å². The molecule has 102 valence electrons. The Kier molecular flexibility index (Phi) is 4.68. The van der Waals surface area contributed by atoms with E-state index < -0.39 is 0 Å². The van der Waals surface area contributed by atoms with Crippen molar-refractivity contribution in [3.05, 3.63) is 16.4 Å². The highest BCUT2D eigenvalue weighted by Gasteiger charge is 2.26. The van der Waals surface area contributed by atoms with Crippen LogP contribution in [0.1, 0.15) is 44.5 Å². The summed E-state index contributed by atoms with van der Waals surface area (Å²) in [5.41, 5.74) is 2.20. The molecule has 2 atom stereocenters. The molecule has 2 unspecified atom stereocenters. The highest BCUT2D eigenvalue weighted by Crippen LogP contribution is 2.31. The predicted molar refractivity (Wildman–Crippen MR) is 76.2 cm³/mol. The maximum Gasteiger partial charge on any atom is 0.0847 e. The van der Waals surface area contributed by atoms with Gasteiger partial charge in [-0.25, -0.2) is 0 Å². The van der Waals surface area contributed by atoms with Gasteiger partial charge in [0.25, 0.3) is 0 Å². The Morgan fingerprint density at radius 3 is 2.83 bits per heavy atom. The third-order valence-electron chi connectivity index (χ3n) is 3.97. The van der Waals surface area contributed by atoms with E-state index in [4.69, 9.17) is 11.6 Å². The average Bonchev–Trinajstić information content (AvgIpc) is 2.90. The number of halogens is 1. The third kappa shape index (κ3) is 2.89. The molecular formula is C14H24ClN3. The lowest BCUT2D eigenvalue weighted by atomic mass is 10.0.